The van der Waals surface area contributed by atoms with Gasteiger partial charge in [-0.15, -0.1) is 0 Å². The highest BCUT2D eigenvalue weighted by atomic mass is 16.5. The van der Waals surface area contributed by atoms with Gasteiger partial charge in [-0.25, -0.2) is 4.98 Å². The number of aliphatic hydroxyl groups excluding tert-OH is 1. The number of unbranched alkanes of at least 4 members (excludes halogenated alkanes) is 1. The van der Waals surface area contributed by atoms with E-state index in [9.17, 15) is 14.7 Å². The van der Waals surface area contributed by atoms with E-state index in [0.717, 1.165) is 18.4 Å². The summed E-state index contributed by atoms with van der Waals surface area (Å²) in [5.41, 5.74) is 3.12. The van der Waals surface area contributed by atoms with Gasteiger partial charge in [-0.05, 0) is 56.5 Å². The monoisotopic (exact) mass is 521 g/mol. The normalized spacial score (nSPS) is 17.0. The van der Waals surface area contributed by atoms with Crippen molar-refractivity contribution in [1.82, 2.24) is 14.3 Å². The SMILES string of the molecule is CCCCOc1ccc(C2/C(=C(\O)c3nc4c(C)cccn4c3C)C(=O)C(=O)N2CCOC)cc1OCC. The third kappa shape index (κ3) is 4.98. The number of hydrogen-bond acceptors (Lipinski definition) is 7. The molecule has 1 saturated heterocycles. The Morgan fingerprint density at radius 2 is 1.87 bits per heavy atom. The third-order valence-electron chi connectivity index (χ3n) is 6.72. The summed E-state index contributed by atoms with van der Waals surface area (Å²) in [6.07, 6.45) is 3.75. The van der Waals surface area contributed by atoms with E-state index in [1.807, 2.05) is 43.5 Å². The number of carbonyl (C=O) groups is 2. The van der Waals surface area contributed by atoms with Gasteiger partial charge in [0.25, 0.3) is 11.7 Å². The zero-order chi connectivity index (χ0) is 27.4. The average Bonchev–Trinajstić information content (AvgIpc) is 3.38. The van der Waals surface area contributed by atoms with Crippen molar-refractivity contribution in [3.05, 3.63) is 64.6 Å². The maximum Gasteiger partial charge on any atom is 0.295 e. The van der Waals surface area contributed by atoms with E-state index in [-0.39, 0.29) is 30.2 Å². The lowest BCUT2D eigenvalue weighted by molar-refractivity contribution is -0.140. The summed E-state index contributed by atoms with van der Waals surface area (Å²) in [4.78, 5) is 32.6. The van der Waals surface area contributed by atoms with Gasteiger partial charge in [0, 0.05) is 19.9 Å². The first-order valence-electron chi connectivity index (χ1n) is 12.9. The van der Waals surface area contributed by atoms with Crippen molar-refractivity contribution >= 4 is 23.1 Å². The second-order valence-electron chi connectivity index (χ2n) is 9.26. The highest BCUT2D eigenvalue weighted by Crippen LogP contribution is 2.42. The largest absolute Gasteiger partial charge is 0.505 e. The molecule has 1 atom stereocenters. The van der Waals surface area contributed by atoms with Gasteiger partial charge in [0.2, 0.25) is 0 Å². The lowest BCUT2D eigenvalue weighted by Gasteiger charge is -2.25. The van der Waals surface area contributed by atoms with E-state index >= 15 is 0 Å². The number of benzene rings is 1. The molecule has 2 aromatic heterocycles. The number of likely N-dealkylation sites (tertiary alicyclic amines) is 1. The number of fused-ring (bicyclic) bond motifs is 1. The molecule has 0 saturated carbocycles. The van der Waals surface area contributed by atoms with Gasteiger partial charge < -0.3 is 28.6 Å². The number of Topliss-reactive ketones (excluding diaryl/α,β-unsaturated/α-hetero) is 1. The molecule has 1 fully saturated rings. The number of aryl methyl sites for hydroxylation is 2. The highest BCUT2D eigenvalue weighted by Gasteiger charge is 2.46. The maximum absolute atomic E-state index is 13.4. The molecule has 1 aliphatic rings. The van der Waals surface area contributed by atoms with E-state index in [1.165, 1.54) is 12.0 Å². The lowest BCUT2D eigenvalue weighted by Crippen LogP contribution is -2.32. The summed E-state index contributed by atoms with van der Waals surface area (Å²) in [5, 5.41) is 11.5. The zero-order valence-electron chi connectivity index (χ0n) is 22.6. The van der Waals surface area contributed by atoms with E-state index in [0.29, 0.717) is 41.6 Å². The topological polar surface area (TPSA) is 103 Å². The number of ether oxygens (including phenoxy) is 3. The van der Waals surface area contributed by atoms with Crippen LogP contribution in [0.5, 0.6) is 11.5 Å². The Morgan fingerprint density at radius 3 is 2.55 bits per heavy atom. The van der Waals surface area contributed by atoms with Crippen LogP contribution in [0.4, 0.5) is 0 Å². The van der Waals surface area contributed by atoms with Gasteiger partial charge in [0.1, 0.15) is 11.3 Å². The van der Waals surface area contributed by atoms with Crippen molar-refractivity contribution in [3.8, 4) is 11.5 Å². The van der Waals surface area contributed by atoms with Crippen LogP contribution in [0.25, 0.3) is 11.4 Å². The number of ketones is 1. The average molecular weight is 522 g/mol. The van der Waals surface area contributed by atoms with E-state index in [2.05, 4.69) is 11.9 Å². The molecular weight excluding hydrogens is 486 g/mol. The molecule has 1 amide bonds. The van der Waals surface area contributed by atoms with Gasteiger partial charge >= 0.3 is 0 Å². The van der Waals surface area contributed by atoms with Crippen molar-refractivity contribution in [2.24, 2.45) is 0 Å². The van der Waals surface area contributed by atoms with Crippen molar-refractivity contribution in [1.29, 1.82) is 0 Å². The number of methoxy groups -OCH3 is 1. The maximum atomic E-state index is 13.4. The van der Waals surface area contributed by atoms with E-state index in [1.54, 1.807) is 18.2 Å². The minimum Gasteiger partial charge on any atom is -0.505 e. The number of aliphatic hydroxyl groups is 1. The molecule has 4 rings (SSSR count). The number of aromatic nitrogens is 2. The number of amides is 1. The molecule has 1 N–H and O–H groups in total. The first kappa shape index (κ1) is 27.2. The first-order valence-corrected chi connectivity index (χ1v) is 12.9. The Hall–Kier alpha value is -3.85. The minimum absolute atomic E-state index is 0.0163. The summed E-state index contributed by atoms with van der Waals surface area (Å²) in [5.74, 6) is -0.678. The standard InChI is InChI=1S/C29H35N3O6/c1-6-8-15-38-21-12-11-20(17-22(21)37-7-2)25-23(27(34)29(35)32(25)14-16-36-5)26(33)24-19(4)31-13-9-10-18(3)28(31)30-24/h9-13,17,25,33H,6-8,14-16H2,1-5H3/b26-23+. The predicted octanol–water partition coefficient (Wildman–Crippen LogP) is 4.60. The Morgan fingerprint density at radius 1 is 1.08 bits per heavy atom. The Kier molecular flexibility index (Phi) is 8.36. The fourth-order valence-electron chi connectivity index (χ4n) is 4.73. The fraction of sp³-hybridized carbons (Fsp3) is 0.414. The zero-order valence-corrected chi connectivity index (χ0v) is 22.6. The molecular formula is C29H35N3O6. The summed E-state index contributed by atoms with van der Waals surface area (Å²) in [7, 11) is 1.53. The molecule has 3 aromatic rings. The number of pyridine rings is 1. The van der Waals surface area contributed by atoms with Gasteiger partial charge in [0.15, 0.2) is 17.3 Å². The third-order valence-corrected chi connectivity index (χ3v) is 6.72. The van der Waals surface area contributed by atoms with Crippen LogP contribution >= 0.6 is 0 Å². The van der Waals surface area contributed by atoms with Crippen LogP contribution < -0.4 is 9.47 Å². The summed E-state index contributed by atoms with van der Waals surface area (Å²) in [6.45, 7) is 9.07. The van der Waals surface area contributed by atoms with Crippen LogP contribution in [-0.4, -0.2) is 64.6 Å². The second-order valence-corrected chi connectivity index (χ2v) is 9.26. The molecule has 1 aliphatic heterocycles. The van der Waals surface area contributed by atoms with Gasteiger partial charge in [0.05, 0.1) is 37.1 Å². The number of carbonyl (C=O) groups excluding carboxylic acids is 2. The quantitative estimate of drug-likeness (QED) is 0.170. The van der Waals surface area contributed by atoms with Gasteiger partial charge in [-0.1, -0.05) is 25.5 Å². The van der Waals surface area contributed by atoms with E-state index < -0.39 is 17.7 Å². The summed E-state index contributed by atoms with van der Waals surface area (Å²) in [6, 6.07) is 8.33. The van der Waals surface area contributed by atoms with Crippen molar-refractivity contribution in [2.45, 2.75) is 46.6 Å². The molecule has 9 heteroatoms. The predicted molar refractivity (Wildman–Crippen MR) is 144 cm³/mol. The minimum atomic E-state index is -0.848. The molecule has 0 radical (unpaired) electrons. The van der Waals surface area contributed by atoms with Crippen molar-refractivity contribution in [3.63, 3.8) is 0 Å². The van der Waals surface area contributed by atoms with Crippen LogP contribution in [-0.2, 0) is 14.3 Å². The Balaban J connectivity index is 1.87. The van der Waals surface area contributed by atoms with Crippen LogP contribution in [0.15, 0.2) is 42.1 Å². The molecule has 3 heterocycles. The van der Waals surface area contributed by atoms with Crippen molar-refractivity contribution < 1.29 is 28.9 Å². The van der Waals surface area contributed by atoms with Crippen LogP contribution in [0, 0.1) is 13.8 Å². The first-order chi connectivity index (χ1) is 18.3. The highest BCUT2D eigenvalue weighted by molar-refractivity contribution is 6.46. The molecule has 9 nitrogen and oxygen atoms in total. The number of hydrogen-bond donors (Lipinski definition) is 1. The molecule has 1 unspecified atom stereocenters. The summed E-state index contributed by atoms with van der Waals surface area (Å²) >= 11 is 0. The van der Waals surface area contributed by atoms with Gasteiger partial charge in [-0.3, -0.25) is 9.59 Å². The Bertz CT molecular complexity index is 1380. The van der Waals surface area contributed by atoms with Crippen molar-refractivity contribution in [2.75, 3.05) is 33.5 Å². The molecule has 1 aromatic carbocycles. The second kappa shape index (κ2) is 11.7. The van der Waals surface area contributed by atoms with E-state index in [4.69, 9.17) is 14.2 Å². The number of rotatable bonds is 11. The smallest absolute Gasteiger partial charge is 0.295 e. The fourth-order valence-corrected chi connectivity index (χ4v) is 4.73. The molecule has 0 spiro atoms. The Labute approximate surface area is 222 Å². The molecule has 0 bridgehead atoms. The van der Waals surface area contributed by atoms with Crippen LogP contribution in [0.2, 0.25) is 0 Å². The molecule has 202 valence electrons. The van der Waals surface area contributed by atoms with Crippen LogP contribution in [0.1, 0.15) is 55.2 Å². The number of nitrogens with zero attached hydrogens (tertiary/aromatic N) is 3. The molecule has 0 aliphatic carbocycles. The lowest BCUT2D eigenvalue weighted by atomic mass is 9.96. The van der Waals surface area contributed by atoms with Crippen LogP contribution in [0.3, 0.4) is 0 Å². The molecule has 38 heavy (non-hydrogen) atoms. The summed E-state index contributed by atoms with van der Waals surface area (Å²) < 4.78 is 18.9. The van der Waals surface area contributed by atoms with Gasteiger partial charge in [-0.2, -0.15) is 0 Å². The number of imidazole rings is 1.